The highest BCUT2D eigenvalue weighted by atomic mass is 35.5. The van der Waals surface area contributed by atoms with Crippen LogP contribution in [0.1, 0.15) is 63.4 Å². The molecule has 1 fully saturated rings. The molecule has 1 heterocycles. The Morgan fingerprint density at radius 2 is 1.76 bits per heavy atom. The number of halogens is 1. The van der Waals surface area contributed by atoms with Crippen LogP contribution in [-0.4, -0.2) is 48.8 Å². The molecule has 0 aliphatic heterocycles. The molecular weight excluding hydrogens is 514 g/mol. The van der Waals surface area contributed by atoms with Crippen LogP contribution >= 0.6 is 11.6 Å². The lowest BCUT2D eigenvalue weighted by Gasteiger charge is -2.30. The maximum Gasteiger partial charge on any atom is 0.309 e. The summed E-state index contributed by atoms with van der Waals surface area (Å²) in [6.07, 6.45) is 4.57. The van der Waals surface area contributed by atoms with E-state index < -0.39 is 36.5 Å². The van der Waals surface area contributed by atoms with Gasteiger partial charge in [0.2, 0.25) is 6.79 Å². The summed E-state index contributed by atoms with van der Waals surface area (Å²) in [6, 6.07) is 8.61. The van der Waals surface area contributed by atoms with Crippen molar-refractivity contribution in [3.05, 3.63) is 47.2 Å². The number of pyridine rings is 1. The third-order valence-corrected chi connectivity index (χ3v) is 6.68. The van der Waals surface area contributed by atoms with Crippen molar-refractivity contribution in [1.82, 2.24) is 4.98 Å². The highest BCUT2D eigenvalue weighted by Gasteiger charge is 2.35. The van der Waals surface area contributed by atoms with E-state index in [9.17, 15) is 14.4 Å². The van der Waals surface area contributed by atoms with Gasteiger partial charge in [-0.15, -0.1) is 0 Å². The third kappa shape index (κ3) is 8.08. The monoisotopic (exact) mass is 547 g/mol. The van der Waals surface area contributed by atoms with Crippen LogP contribution in [0.5, 0.6) is 17.2 Å². The zero-order valence-corrected chi connectivity index (χ0v) is 22.9. The number of hydrogen-bond donors (Lipinski definition) is 0. The molecule has 206 valence electrons. The predicted octanol–water partition coefficient (Wildman–Crippen LogP) is 5.42. The molecule has 0 radical (unpaired) electrons. The minimum Gasteiger partial charge on any atom is -0.493 e. The number of ether oxygens (including phenoxy) is 5. The number of Topliss-reactive ketones (excluding diaryl/α,β-unsaturated/α-hetero) is 1. The largest absolute Gasteiger partial charge is 0.493 e. The Balaban J connectivity index is 1.66. The van der Waals surface area contributed by atoms with Crippen LogP contribution in [-0.2, 0) is 19.1 Å². The Bertz CT molecular complexity index is 1100. The first-order chi connectivity index (χ1) is 18.2. The fourth-order valence-corrected chi connectivity index (χ4v) is 4.58. The van der Waals surface area contributed by atoms with Crippen LogP contribution in [0.4, 0.5) is 0 Å². The first-order valence-electron chi connectivity index (χ1n) is 12.6. The van der Waals surface area contributed by atoms with Gasteiger partial charge in [0.15, 0.2) is 23.0 Å². The second-order valence-corrected chi connectivity index (χ2v) is 9.78. The number of nitrogens with zero attached hydrogens (tertiary/aromatic N) is 1. The minimum absolute atomic E-state index is 0.0286. The lowest BCUT2D eigenvalue weighted by molar-refractivity contribution is -0.158. The predicted molar refractivity (Wildman–Crippen MR) is 140 cm³/mol. The van der Waals surface area contributed by atoms with E-state index >= 15 is 0 Å². The van der Waals surface area contributed by atoms with E-state index in [-0.39, 0.29) is 35.6 Å². The summed E-state index contributed by atoms with van der Waals surface area (Å²) >= 11 is 6.00. The molecule has 38 heavy (non-hydrogen) atoms. The molecule has 3 rings (SSSR count). The molecule has 2 aromatic rings. The SMILES string of the molecule is COc1ccnc(C(=O)C[C@@H](C)C(=O)O[C@@H](C)[C@H](Oc2ccc(Cl)cc2)C2CCCC2)c1OCOC(C)=O. The zero-order valence-electron chi connectivity index (χ0n) is 22.1. The lowest BCUT2D eigenvalue weighted by Crippen LogP contribution is -2.40. The van der Waals surface area contributed by atoms with Gasteiger partial charge in [-0.05, 0) is 49.9 Å². The first-order valence-corrected chi connectivity index (χ1v) is 13.0. The van der Waals surface area contributed by atoms with Crippen molar-refractivity contribution < 1.29 is 38.1 Å². The van der Waals surface area contributed by atoms with Gasteiger partial charge in [-0.3, -0.25) is 14.4 Å². The summed E-state index contributed by atoms with van der Waals surface area (Å²) in [5, 5.41) is 0.609. The third-order valence-electron chi connectivity index (χ3n) is 6.43. The van der Waals surface area contributed by atoms with Crippen molar-refractivity contribution in [2.24, 2.45) is 11.8 Å². The van der Waals surface area contributed by atoms with Crippen molar-refractivity contribution >= 4 is 29.3 Å². The van der Waals surface area contributed by atoms with Crippen LogP contribution < -0.4 is 14.2 Å². The van der Waals surface area contributed by atoms with Gasteiger partial charge >= 0.3 is 11.9 Å². The number of carbonyl (C=O) groups excluding carboxylic acids is 3. The van der Waals surface area contributed by atoms with Gasteiger partial charge in [-0.25, -0.2) is 4.98 Å². The number of esters is 2. The second kappa shape index (κ2) is 14.0. The molecule has 10 heteroatoms. The Morgan fingerprint density at radius 3 is 2.39 bits per heavy atom. The molecule has 0 N–H and O–H groups in total. The van der Waals surface area contributed by atoms with Crippen LogP contribution in [0.3, 0.4) is 0 Å². The molecule has 1 aliphatic rings. The Morgan fingerprint density at radius 1 is 1.08 bits per heavy atom. The maximum atomic E-state index is 13.1. The topological polar surface area (TPSA) is 110 Å². The number of benzene rings is 1. The van der Waals surface area contributed by atoms with E-state index in [0.29, 0.717) is 10.8 Å². The van der Waals surface area contributed by atoms with Crippen LogP contribution in [0.2, 0.25) is 5.02 Å². The molecule has 3 atom stereocenters. The summed E-state index contributed by atoms with van der Waals surface area (Å²) in [7, 11) is 1.41. The normalized spacial score (nSPS) is 15.7. The molecule has 0 unspecified atom stereocenters. The Hall–Kier alpha value is -3.33. The number of carbonyl (C=O) groups is 3. The highest BCUT2D eigenvalue weighted by molar-refractivity contribution is 6.30. The van der Waals surface area contributed by atoms with Gasteiger partial charge in [0.05, 0.1) is 13.0 Å². The van der Waals surface area contributed by atoms with Crippen molar-refractivity contribution in [3.63, 3.8) is 0 Å². The number of hydrogen-bond acceptors (Lipinski definition) is 9. The van der Waals surface area contributed by atoms with E-state index in [2.05, 4.69) is 4.98 Å². The minimum atomic E-state index is -0.751. The number of aromatic nitrogens is 1. The highest BCUT2D eigenvalue weighted by Crippen LogP contribution is 2.34. The fourth-order valence-electron chi connectivity index (χ4n) is 4.46. The number of rotatable bonds is 13. The molecule has 1 aromatic carbocycles. The molecule has 1 aliphatic carbocycles. The van der Waals surface area contributed by atoms with E-state index in [0.717, 1.165) is 25.7 Å². The summed E-state index contributed by atoms with van der Waals surface area (Å²) in [6.45, 7) is 4.26. The van der Waals surface area contributed by atoms with Crippen LogP contribution in [0, 0.1) is 11.8 Å². The van der Waals surface area contributed by atoms with Crippen molar-refractivity contribution in [2.45, 2.75) is 65.1 Å². The van der Waals surface area contributed by atoms with Crippen LogP contribution in [0.25, 0.3) is 0 Å². The van der Waals surface area contributed by atoms with Gasteiger partial charge < -0.3 is 23.7 Å². The molecule has 9 nitrogen and oxygen atoms in total. The Kier molecular flexibility index (Phi) is 10.8. The fraction of sp³-hybridized carbons (Fsp3) is 0.500. The summed E-state index contributed by atoms with van der Waals surface area (Å²) in [5.41, 5.74) is -0.0286. The van der Waals surface area contributed by atoms with Gasteiger partial charge in [0.1, 0.15) is 18.0 Å². The van der Waals surface area contributed by atoms with Crippen molar-refractivity contribution in [1.29, 1.82) is 0 Å². The smallest absolute Gasteiger partial charge is 0.309 e. The standard InChI is InChI=1S/C28H34ClNO8/c1-17(15-23(32)25-27(36-16-35-19(3)31)24(34-4)13-14-30-25)28(33)37-18(2)26(20-7-5-6-8-20)38-22-11-9-21(29)10-12-22/h9-14,17-18,20,26H,5-8,15-16H2,1-4H3/t17-,18+,26+/m1/s1. The van der Waals surface area contributed by atoms with Gasteiger partial charge in [0, 0.05) is 30.6 Å². The number of methoxy groups -OCH3 is 1. The Labute approximate surface area is 227 Å². The average molecular weight is 548 g/mol. The molecule has 0 amide bonds. The van der Waals surface area contributed by atoms with Crippen molar-refractivity contribution in [3.8, 4) is 17.2 Å². The van der Waals surface area contributed by atoms with E-state index in [4.69, 9.17) is 35.3 Å². The summed E-state index contributed by atoms with van der Waals surface area (Å²) in [4.78, 5) is 41.3. The van der Waals surface area contributed by atoms with Gasteiger partial charge in [-0.2, -0.15) is 0 Å². The first kappa shape index (κ1) is 29.2. The summed E-state index contributed by atoms with van der Waals surface area (Å²) < 4.78 is 27.6. The molecule has 1 aromatic heterocycles. The average Bonchev–Trinajstić information content (AvgIpc) is 3.42. The number of ketones is 1. The molecule has 0 bridgehead atoms. The van der Waals surface area contributed by atoms with E-state index in [1.807, 2.05) is 6.92 Å². The van der Waals surface area contributed by atoms with Crippen LogP contribution in [0.15, 0.2) is 36.5 Å². The van der Waals surface area contributed by atoms with Crippen molar-refractivity contribution in [2.75, 3.05) is 13.9 Å². The molecule has 0 saturated heterocycles. The molecular formula is C28H34ClNO8. The zero-order chi connectivity index (χ0) is 27.7. The maximum absolute atomic E-state index is 13.1. The van der Waals surface area contributed by atoms with E-state index in [1.165, 1.54) is 26.3 Å². The quantitative estimate of drug-likeness (QED) is 0.184. The van der Waals surface area contributed by atoms with E-state index in [1.54, 1.807) is 31.2 Å². The van der Waals surface area contributed by atoms with Gasteiger partial charge in [0.25, 0.3) is 0 Å². The molecule has 1 saturated carbocycles. The lowest BCUT2D eigenvalue weighted by atomic mass is 9.96. The second-order valence-electron chi connectivity index (χ2n) is 9.34. The summed E-state index contributed by atoms with van der Waals surface area (Å²) in [5.74, 6) is -1.05. The van der Waals surface area contributed by atoms with Gasteiger partial charge in [-0.1, -0.05) is 31.4 Å². The molecule has 0 spiro atoms.